The molecule has 1 saturated carbocycles. The number of pyridine rings is 1. The minimum atomic E-state index is -0.416. The number of carbonyl (C=O) groups is 2. The van der Waals surface area contributed by atoms with E-state index in [0.717, 1.165) is 95.2 Å². The average Bonchev–Trinajstić information content (AvgIpc) is 3.86. The monoisotopic (exact) mass is 640 g/mol. The lowest BCUT2D eigenvalue weighted by molar-refractivity contribution is -0.134. The van der Waals surface area contributed by atoms with Crippen LogP contribution in [0.5, 0.6) is 5.75 Å². The Morgan fingerprint density at radius 2 is 1.66 bits per heavy atom. The molecule has 1 saturated heterocycles. The molecule has 0 bridgehead atoms. The number of nitrogens with one attached hydrogen (secondary N) is 1. The van der Waals surface area contributed by atoms with Gasteiger partial charge in [-0.3, -0.25) is 19.4 Å². The summed E-state index contributed by atoms with van der Waals surface area (Å²) in [5.41, 5.74) is 1.85. The number of para-hydroxylation sites is 2. The lowest BCUT2D eigenvalue weighted by Gasteiger charge is -2.37. The van der Waals surface area contributed by atoms with Crippen molar-refractivity contribution in [2.75, 3.05) is 82.4 Å². The first-order chi connectivity index (χ1) is 23.0. The van der Waals surface area contributed by atoms with Crippen LogP contribution in [0.1, 0.15) is 45.1 Å². The third-order valence-electron chi connectivity index (χ3n) is 9.88. The molecule has 5 rings (SSSR count). The van der Waals surface area contributed by atoms with Crippen LogP contribution in [0.3, 0.4) is 0 Å². The predicted molar refractivity (Wildman–Crippen MR) is 189 cm³/mol. The topological polar surface area (TPSA) is 81.3 Å². The summed E-state index contributed by atoms with van der Waals surface area (Å²) in [4.78, 5) is 40.2. The van der Waals surface area contributed by atoms with E-state index in [1.807, 2.05) is 58.3 Å². The molecule has 1 aromatic heterocycles. The summed E-state index contributed by atoms with van der Waals surface area (Å²) in [6.45, 7) is 12.3. The number of rotatable bonds is 17. The highest BCUT2D eigenvalue weighted by Crippen LogP contribution is 2.55. The van der Waals surface area contributed by atoms with Crippen molar-refractivity contribution in [3.63, 3.8) is 0 Å². The molecule has 252 valence electrons. The number of amides is 2. The molecule has 47 heavy (non-hydrogen) atoms. The summed E-state index contributed by atoms with van der Waals surface area (Å²) in [6, 6.07) is 24.2. The highest BCUT2D eigenvalue weighted by molar-refractivity contribution is 5.93. The van der Waals surface area contributed by atoms with Gasteiger partial charge in [0.15, 0.2) is 0 Å². The van der Waals surface area contributed by atoms with Crippen molar-refractivity contribution in [2.45, 2.75) is 44.9 Å². The Morgan fingerprint density at radius 1 is 0.936 bits per heavy atom. The Bertz CT molecular complexity index is 1410. The molecule has 2 aliphatic rings. The number of nitrogens with zero attached hydrogens (tertiary/aromatic N) is 5. The molecule has 9 heteroatoms. The van der Waals surface area contributed by atoms with E-state index in [-0.39, 0.29) is 17.7 Å². The van der Waals surface area contributed by atoms with Gasteiger partial charge < -0.3 is 19.9 Å². The lowest BCUT2D eigenvalue weighted by Crippen LogP contribution is -2.49. The van der Waals surface area contributed by atoms with Crippen molar-refractivity contribution in [1.29, 1.82) is 0 Å². The first kappa shape index (κ1) is 34.4. The number of anilines is 2. The lowest BCUT2D eigenvalue weighted by atomic mass is 9.91. The van der Waals surface area contributed by atoms with E-state index in [9.17, 15) is 9.59 Å². The second-order valence-electron chi connectivity index (χ2n) is 12.6. The highest BCUT2D eigenvalue weighted by Gasteiger charge is 2.61. The summed E-state index contributed by atoms with van der Waals surface area (Å²) in [5, 5.41) is 3.60. The molecule has 2 amide bonds. The summed E-state index contributed by atoms with van der Waals surface area (Å²) >= 11 is 0. The second kappa shape index (κ2) is 16.7. The normalized spacial score (nSPS) is 19.3. The van der Waals surface area contributed by atoms with Gasteiger partial charge in [-0.1, -0.05) is 48.5 Å². The number of likely N-dealkylation sites (N-methyl/N-ethyl adjacent to an activating group) is 1. The zero-order chi connectivity index (χ0) is 33.1. The number of aromatic nitrogens is 1. The van der Waals surface area contributed by atoms with Gasteiger partial charge in [0.25, 0.3) is 0 Å². The maximum absolute atomic E-state index is 13.6. The van der Waals surface area contributed by atoms with Gasteiger partial charge in [0.05, 0.1) is 18.2 Å². The third-order valence-corrected chi connectivity index (χ3v) is 9.88. The molecule has 1 aliphatic carbocycles. The second-order valence-corrected chi connectivity index (χ2v) is 12.6. The summed E-state index contributed by atoms with van der Waals surface area (Å²) in [6.07, 6.45) is 4.83. The van der Waals surface area contributed by atoms with Crippen molar-refractivity contribution in [3.05, 3.63) is 84.6 Å². The molecule has 0 radical (unpaired) electrons. The van der Waals surface area contributed by atoms with Gasteiger partial charge in [0.2, 0.25) is 11.8 Å². The molecule has 1 N–H and O–H groups in total. The Morgan fingerprint density at radius 3 is 2.36 bits per heavy atom. The largest absolute Gasteiger partial charge is 0.495 e. The van der Waals surface area contributed by atoms with Crippen LogP contribution in [0.25, 0.3) is 0 Å². The first-order valence-corrected chi connectivity index (χ1v) is 17.4. The van der Waals surface area contributed by atoms with E-state index < -0.39 is 5.41 Å². The maximum atomic E-state index is 13.6. The molecule has 3 aromatic rings. The molecule has 0 spiro atoms. The number of hydrogen-bond acceptors (Lipinski definition) is 7. The van der Waals surface area contributed by atoms with E-state index in [1.165, 1.54) is 0 Å². The molecule has 9 nitrogen and oxygen atoms in total. The van der Waals surface area contributed by atoms with E-state index >= 15 is 0 Å². The Balaban J connectivity index is 1.07. The van der Waals surface area contributed by atoms with Crippen molar-refractivity contribution in [3.8, 4) is 5.75 Å². The van der Waals surface area contributed by atoms with Gasteiger partial charge in [-0.15, -0.1) is 0 Å². The SMILES string of the molecule is CCN(CC)C(=O)[C@@]1(c2ccccc2)C[C@H]1CNCCCCC(=O)N(CCN1CCN(c2ccccc2OC)CC1)c1ccccn1. The number of carbonyl (C=O) groups excluding carboxylic acids is 2. The van der Waals surface area contributed by atoms with Crippen molar-refractivity contribution in [1.82, 2.24) is 20.1 Å². The molecule has 1 aliphatic heterocycles. The van der Waals surface area contributed by atoms with Crippen LogP contribution in [-0.2, 0) is 15.0 Å². The van der Waals surface area contributed by atoms with Crippen LogP contribution in [0.15, 0.2) is 79.0 Å². The standard InChI is InChI=1S/C38H52N6O3/c1-4-42(5-2)37(46)38(31-15-7-6-8-16-31)29-32(38)30-39-21-13-12-20-36(45)44(35-19-11-14-22-40-35)28-25-41-23-26-43(27-24-41)33-17-9-10-18-34(33)47-3/h6-11,14-19,22,32,39H,4-5,12-13,20-21,23-30H2,1-3H3/t32-,38+/m0/s1. The van der Waals surface area contributed by atoms with Crippen LogP contribution in [0.2, 0.25) is 0 Å². The molecule has 2 aromatic carbocycles. The van der Waals surface area contributed by atoms with Crippen LogP contribution in [0.4, 0.5) is 11.5 Å². The minimum absolute atomic E-state index is 0.117. The number of hydrogen-bond donors (Lipinski definition) is 1. The van der Waals surface area contributed by atoms with E-state index in [4.69, 9.17) is 4.74 Å². The maximum Gasteiger partial charge on any atom is 0.233 e. The fraction of sp³-hybridized carbons (Fsp3) is 0.500. The van der Waals surface area contributed by atoms with Gasteiger partial charge in [-0.25, -0.2) is 4.98 Å². The van der Waals surface area contributed by atoms with Crippen molar-refractivity contribution < 1.29 is 14.3 Å². The zero-order valence-corrected chi connectivity index (χ0v) is 28.4. The van der Waals surface area contributed by atoms with Crippen LogP contribution in [-0.4, -0.2) is 99.2 Å². The average molecular weight is 641 g/mol. The fourth-order valence-corrected chi connectivity index (χ4v) is 7.01. The number of ether oxygens (including phenoxy) is 1. The quantitative estimate of drug-likeness (QED) is 0.212. The zero-order valence-electron chi connectivity index (χ0n) is 28.4. The number of benzene rings is 2. The highest BCUT2D eigenvalue weighted by atomic mass is 16.5. The summed E-state index contributed by atoms with van der Waals surface area (Å²) in [5.74, 6) is 2.27. The predicted octanol–water partition coefficient (Wildman–Crippen LogP) is 4.83. The van der Waals surface area contributed by atoms with E-state index in [2.05, 4.69) is 58.2 Å². The van der Waals surface area contributed by atoms with Crippen molar-refractivity contribution in [2.24, 2.45) is 5.92 Å². The van der Waals surface area contributed by atoms with Gasteiger partial charge in [0, 0.05) is 65.0 Å². The van der Waals surface area contributed by atoms with Gasteiger partial charge >= 0.3 is 0 Å². The van der Waals surface area contributed by atoms with E-state index in [0.29, 0.717) is 18.8 Å². The molecular weight excluding hydrogens is 588 g/mol. The number of unbranched alkanes of at least 4 members (excludes halogenated alkanes) is 1. The van der Waals surface area contributed by atoms with Crippen LogP contribution < -0.4 is 19.9 Å². The Hall–Kier alpha value is -3.95. The van der Waals surface area contributed by atoms with Crippen LogP contribution >= 0.6 is 0 Å². The van der Waals surface area contributed by atoms with Crippen molar-refractivity contribution >= 4 is 23.3 Å². The Kier molecular flexibility index (Phi) is 12.3. The van der Waals surface area contributed by atoms with Crippen LogP contribution in [0, 0.1) is 5.92 Å². The summed E-state index contributed by atoms with van der Waals surface area (Å²) < 4.78 is 5.57. The molecule has 0 unspecified atom stereocenters. The summed E-state index contributed by atoms with van der Waals surface area (Å²) in [7, 11) is 1.72. The first-order valence-electron chi connectivity index (χ1n) is 17.4. The van der Waals surface area contributed by atoms with E-state index in [1.54, 1.807) is 13.3 Å². The fourth-order valence-electron chi connectivity index (χ4n) is 7.01. The number of methoxy groups -OCH3 is 1. The Labute approximate surface area is 280 Å². The molecule has 2 atom stereocenters. The molecular formula is C38H52N6O3. The van der Waals surface area contributed by atoms with Gasteiger partial charge in [0.1, 0.15) is 11.6 Å². The molecule has 2 fully saturated rings. The molecule has 2 heterocycles. The van der Waals surface area contributed by atoms with Gasteiger partial charge in [-0.05, 0) is 81.9 Å². The minimum Gasteiger partial charge on any atom is -0.495 e. The smallest absolute Gasteiger partial charge is 0.233 e. The number of piperazine rings is 1. The third kappa shape index (κ3) is 8.32. The van der Waals surface area contributed by atoms with Gasteiger partial charge in [-0.2, -0.15) is 0 Å².